The maximum atomic E-state index is 11.4. The van der Waals surface area contributed by atoms with Gasteiger partial charge in [0, 0.05) is 29.8 Å². The Balaban J connectivity index is 1.25. The molecule has 3 aliphatic rings. The molecule has 3 fully saturated rings. The summed E-state index contributed by atoms with van der Waals surface area (Å²) in [5.41, 5.74) is 0.935. The first-order chi connectivity index (χ1) is 12.0. The number of anilines is 1. The van der Waals surface area contributed by atoms with Gasteiger partial charge in [0.25, 0.3) is 0 Å². The van der Waals surface area contributed by atoms with Crippen LogP contribution in [0.25, 0.3) is 10.6 Å². The van der Waals surface area contributed by atoms with Gasteiger partial charge in [-0.05, 0) is 31.7 Å². The molecule has 0 unspecified atom stereocenters. The van der Waals surface area contributed by atoms with E-state index in [2.05, 4.69) is 20.3 Å². The van der Waals surface area contributed by atoms with Gasteiger partial charge in [0.1, 0.15) is 0 Å². The minimum absolute atomic E-state index is 0.0312. The first-order valence-electron chi connectivity index (χ1n) is 8.76. The van der Waals surface area contributed by atoms with Crippen molar-refractivity contribution in [1.82, 2.24) is 15.0 Å². The molecular weight excluding hydrogens is 356 g/mol. The predicted molar refractivity (Wildman–Crippen MR) is 97.5 cm³/mol. The van der Waals surface area contributed by atoms with Crippen molar-refractivity contribution in [3.05, 3.63) is 23.5 Å². The number of hydrogen-bond acceptors (Lipinski definition) is 7. The maximum Gasteiger partial charge on any atom is 0.223 e. The Morgan fingerprint density at radius 3 is 2.68 bits per heavy atom. The number of nitrogens with one attached hydrogen (secondary N) is 1. The molecule has 2 saturated carbocycles. The molecule has 8 heteroatoms. The molecule has 1 spiro atoms. The van der Waals surface area contributed by atoms with Gasteiger partial charge in [-0.25, -0.2) is 23.4 Å². The summed E-state index contributed by atoms with van der Waals surface area (Å²) in [4.78, 5) is 14.6. The third-order valence-corrected chi connectivity index (χ3v) is 8.92. The van der Waals surface area contributed by atoms with Crippen molar-refractivity contribution in [3.63, 3.8) is 0 Å². The fraction of sp³-hybridized carbons (Fsp3) is 0.588. The van der Waals surface area contributed by atoms with Crippen LogP contribution >= 0.6 is 11.3 Å². The van der Waals surface area contributed by atoms with E-state index in [-0.39, 0.29) is 11.5 Å². The second kappa shape index (κ2) is 5.48. The minimum Gasteiger partial charge on any atom is -0.351 e. The van der Waals surface area contributed by atoms with E-state index in [1.165, 1.54) is 24.3 Å². The molecule has 2 aliphatic carbocycles. The van der Waals surface area contributed by atoms with Gasteiger partial charge in [-0.2, -0.15) is 0 Å². The highest BCUT2D eigenvalue weighted by Crippen LogP contribution is 2.50. The van der Waals surface area contributed by atoms with E-state index in [1.807, 2.05) is 12.3 Å². The van der Waals surface area contributed by atoms with Gasteiger partial charge in [0.2, 0.25) is 5.95 Å². The summed E-state index contributed by atoms with van der Waals surface area (Å²) in [5, 5.41) is 4.58. The second-order valence-corrected chi connectivity index (χ2v) is 10.9. The van der Waals surface area contributed by atoms with Crippen LogP contribution in [0.15, 0.2) is 18.5 Å². The first-order valence-corrected chi connectivity index (χ1v) is 11.4. The summed E-state index contributed by atoms with van der Waals surface area (Å²) >= 11 is 1.73. The van der Waals surface area contributed by atoms with Crippen LogP contribution in [0.2, 0.25) is 0 Å². The molecule has 1 saturated heterocycles. The number of rotatable bonds is 4. The van der Waals surface area contributed by atoms with Gasteiger partial charge >= 0.3 is 0 Å². The SMILES string of the molecule is O=S1(=O)CC2(CC(Nc3nccc(-c4cnc(C5CCC5)s4)n3)C2)C1. The molecule has 0 amide bonds. The summed E-state index contributed by atoms with van der Waals surface area (Å²) in [6.07, 6.45) is 9.30. The van der Waals surface area contributed by atoms with Gasteiger partial charge in [-0.1, -0.05) is 6.42 Å². The van der Waals surface area contributed by atoms with E-state index in [9.17, 15) is 8.42 Å². The normalized spacial score (nSPS) is 24.3. The lowest BCUT2D eigenvalue weighted by atomic mass is 9.67. The Morgan fingerprint density at radius 1 is 1.20 bits per heavy atom. The molecule has 2 aromatic heterocycles. The van der Waals surface area contributed by atoms with Crippen LogP contribution in [0.3, 0.4) is 0 Å². The molecular formula is C17H20N4O2S2. The highest BCUT2D eigenvalue weighted by molar-refractivity contribution is 7.92. The molecule has 5 rings (SSSR count). The number of thiazole rings is 1. The van der Waals surface area contributed by atoms with Gasteiger partial charge in [-0.15, -0.1) is 11.3 Å². The molecule has 1 N–H and O–H groups in total. The molecule has 2 aromatic rings. The zero-order chi connectivity index (χ0) is 17.1. The highest BCUT2D eigenvalue weighted by atomic mass is 32.2. The van der Waals surface area contributed by atoms with Crippen molar-refractivity contribution in [2.24, 2.45) is 5.41 Å². The van der Waals surface area contributed by atoms with Crippen LogP contribution in [0.4, 0.5) is 5.95 Å². The average Bonchev–Trinajstić information content (AvgIpc) is 2.91. The number of nitrogens with zero attached hydrogens (tertiary/aromatic N) is 3. The van der Waals surface area contributed by atoms with E-state index in [1.54, 1.807) is 17.5 Å². The Labute approximate surface area is 151 Å². The van der Waals surface area contributed by atoms with Crippen LogP contribution in [-0.4, -0.2) is 40.9 Å². The lowest BCUT2D eigenvalue weighted by molar-refractivity contribution is 0.153. The molecule has 0 aromatic carbocycles. The number of aromatic nitrogens is 3. The smallest absolute Gasteiger partial charge is 0.223 e. The molecule has 0 radical (unpaired) electrons. The van der Waals surface area contributed by atoms with Crippen molar-refractivity contribution in [1.29, 1.82) is 0 Å². The van der Waals surface area contributed by atoms with Crippen molar-refractivity contribution >= 4 is 27.1 Å². The van der Waals surface area contributed by atoms with Crippen LogP contribution in [0, 0.1) is 5.41 Å². The molecule has 6 nitrogen and oxygen atoms in total. The van der Waals surface area contributed by atoms with Crippen molar-refractivity contribution < 1.29 is 8.42 Å². The molecule has 25 heavy (non-hydrogen) atoms. The summed E-state index contributed by atoms with van der Waals surface area (Å²) < 4.78 is 22.8. The largest absolute Gasteiger partial charge is 0.351 e. The highest BCUT2D eigenvalue weighted by Gasteiger charge is 2.56. The van der Waals surface area contributed by atoms with Crippen molar-refractivity contribution in [3.8, 4) is 10.6 Å². The Hall–Kier alpha value is -1.54. The Morgan fingerprint density at radius 2 is 2.00 bits per heavy atom. The maximum absolute atomic E-state index is 11.4. The number of sulfone groups is 1. The average molecular weight is 377 g/mol. The quantitative estimate of drug-likeness (QED) is 0.883. The summed E-state index contributed by atoms with van der Waals surface area (Å²) in [5.74, 6) is 1.97. The lowest BCUT2D eigenvalue weighted by Gasteiger charge is -2.53. The molecule has 3 heterocycles. The standard InChI is InChI=1S/C17H20N4O2S2/c22-25(23)9-17(10-25)6-12(7-17)20-16-18-5-4-13(21-16)14-8-19-15(24-14)11-2-1-3-11/h4-5,8,11-12H,1-3,6-7,9-10H2,(H,18,20,21). The summed E-state index contributed by atoms with van der Waals surface area (Å²) in [6, 6.07) is 2.20. The minimum atomic E-state index is -2.76. The van der Waals surface area contributed by atoms with Crippen LogP contribution in [0.5, 0.6) is 0 Å². The van der Waals surface area contributed by atoms with E-state index in [0.29, 0.717) is 23.4 Å². The van der Waals surface area contributed by atoms with E-state index < -0.39 is 9.84 Å². The monoisotopic (exact) mass is 376 g/mol. The van der Waals surface area contributed by atoms with Crippen molar-refractivity contribution in [2.75, 3.05) is 16.8 Å². The molecule has 132 valence electrons. The zero-order valence-electron chi connectivity index (χ0n) is 13.8. The van der Waals surface area contributed by atoms with E-state index in [0.717, 1.165) is 23.4 Å². The fourth-order valence-electron chi connectivity index (χ4n) is 4.21. The van der Waals surface area contributed by atoms with Gasteiger partial charge in [0.05, 0.1) is 27.1 Å². The fourth-order valence-corrected chi connectivity index (χ4v) is 7.52. The molecule has 0 bridgehead atoms. The lowest BCUT2D eigenvalue weighted by Crippen LogP contribution is -2.60. The van der Waals surface area contributed by atoms with Gasteiger partial charge in [-0.3, -0.25) is 0 Å². The van der Waals surface area contributed by atoms with Gasteiger partial charge < -0.3 is 5.32 Å². The van der Waals surface area contributed by atoms with Crippen molar-refractivity contribution in [2.45, 2.75) is 44.1 Å². The first kappa shape index (κ1) is 15.7. The van der Waals surface area contributed by atoms with Crippen LogP contribution in [-0.2, 0) is 9.84 Å². The third kappa shape index (κ3) is 2.85. The van der Waals surface area contributed by atoms with Crippen LogP contribution < -0.4 is 5.32 Å². The summed E-state index contributed by atoms with van der Waals surface area (Å²) in [7, 11) is -2.76. The summed E-state index contributed by atoms with van der Waals surface area (Å²) in [6.45, 7) is 0. The van der Waals surface area contributed by atoms with Gasteiger partial charge in [0.15, 0.2) is 9.84 Å². The Kier molecular flexibility index (Phi) is 3.44. The topological polar surface area (TPSA) is 84.8 Å². The Bertz CT molecular complexity index is 900. The predicted octanol–water partition coefficient (Wildman–Crippen LogP) is 2.86. The van der Waals surface area contributed by atoms with E-state index >= 15 is 0 Å². The molecule has 1 aliphatic heterocycles. The molecule has 0 atom stereocenters. The van der Waals surface area contributed by atoms with E-state index in [4.69, 9.17) is 0 Å². The second-order valence-electron chi connectivity index (χ2n) is 7.74. The van der Waals surface area contributed by atoms with Crippen LogP contribution in [0.1, 0.15) is 43.0 Å². The zero-order valence-corrected chi connectivity index (χ0v) is 15.4. The number of hydrogen-bond donors (Lipinski definition) is 1. The third-order valence-electron chi connectivity index (χ3n) is 5.63.